The van der Waals surface area contributed by atoms with Crippen LogP contribution in [-0.4, -0.2) is 145 Å². The maximum absolute atomic E-state index is 13.8. The number of rotatable bonds is 9. The fraction of sp³-hybridized carbons (Fsp3) is 0.765. The SMILES string of the molecule is CCN1C[C@]2(COC)[C@H](O)C[C@H](OC)C34C1C([C@H](OC)[C@@H]32)[C@]1(OC(C)=O)[C@H]2[C@@H](OC(=O)c3ccccc3)[C@](O)(C[C@]24O)[C@@H](OC)[C@@H]1O. The van der Waals surface area contributed by atoms with E-state index in [0.717, 1.165) is 0 Å². The predicted octanol–water partition coefficient (Wildman–Crippen LogP) is -0.237. The van der Waals surface area contributed by atoms with Crippen molar-refractivity contribution in [1.82, 2.24) is 4.90 Å². The van der Waals surface area contributed by atoms with Crippen LogP contribution in [0.5, 0.6) is 0 Å². The normalized spacial score (nSPS) is 50.7. The summed E-state index contributed by atoms with van der Waals surface area (Å²) in [6.45, 7) is 4.15. The van der Waals surface area contributed by atoms with E-state index >= 15 is 0 Å². The average Bonchev–Trinajstić information content (AvgIpc) is 3.39. The zero-order chi connectivity index (χ0) is 33.9. The summed E-state index contributed by atoms with van der Waals surface area (Å²) >= 11 is 0. The highest BCUT2D eigenvalue weighted by molar-refractivity contribution is 5.89. The van der Waals surface area contributed by atoms with Gasteiger partial charge in [-0.3, -0.25) is 9.69 Å². The second kappa shape index (κ2) is 10.9. The van der Waals surface area contributed by atoms with Crippen LogP contribution in [0, 0.1) is 28.6 Å². The molecule has 1 heterocycles. The molecule has 0 radical (unpaired) electrons. The number of piperidine rings is 1. The molecule has 1 aliphatic heterocycles. The van der Waals surface area contributed by atoms with Crippen LogP contribution in [0.3, 0.4) is 0 Å². The maximum atomic E-state index is 13.8. The molecule has 0 amide bonds. The van der Waals surface area contributed by atoms with Crippen molar-refractivity contribution in [2.75, 3.05) is 48.1 Å². The third kappa shape index (κ3) is 3.65. The topological polar surface area (TPSA) is 174 Å². The fourth-order valence-corrected chi connectivity index (χ4v) is 12.3. The second-order valence-electron chi connectivity index (χ2n) is 14.6. The molecular weight excluding hydrogens is 614 g/mol. The van der Waals surface area contributed by atoms with Gasteiger partial charge < -0.3 is 48.8 Å². The van der Waals surface area contributed by atoms with Crippen molar-refractivity contribution < 1.29 is 58.4 Å². The third-order valence-corrected chi connectivity index (χ3v) is 13.2. The zero-order valence-corrected chi connectivity index (χ0v) is 27.7. The maximum Gasteiger partial charge on any atom is 0.338 e. The average molecular weight is 662 g/mol. The molecule has 1 aromatic rings. The minimum Gasteiger partial charge on any atom is -0.455 e. The molecule has 1 aromatic carbocycles. The van der Waals surface area contributed by atoms with Gasteiger partial charge in [0, 0.05) is 83.5 Å². The van der Waals surface area contributed by atoms with Crippen LogP contribution in [0.25, 0.3) is 0 Å². The molecule has 1 saturated heterocycles. The van der Waals surface area contributed by atoms with Crippen LogP contribution < -0.4 is 0 Å². The van der Waals surface area contributed by atoms with E-state index in [-0.39, 0.29) is 18.6 Å². The number of hydrogen-bond donors (Lipinski definition) is 4. The Morgan fingerprint density at radius 1 is 0.979 bits per heavy atom. The van der Waals surface area contributed by atoms with Gasteiger partial charge in [0.05, 0.1) is 42.0 Å². The largest absolute Gasteiger partial charge is 0.455 e. The first kappa shape index (κ1) is 33.3. The van der Waals surface area contributed by atoms with Gasteiger partial charge in [0.15, 0.2) is 5.60 Å². The number of aliphatic hydroxyl groups excluding tert-OH is 2. The van der Waals surface area contributed by atoms with E-state index < -0.39 is 106 Å². The zero-order valence-electron chi connectivity index (χ0n) is 27.7. The molecule has 15 atom stereocenters. The van der Waals surface area contributed by atoms with E-state index in [1.54, 1.807) is 37.4 Å². The summed E-state index contributed by atoms with van der Waals surface area (Å²) in [6, 6.07) is 7.64. The lowest BCUT2D eigenvalue weighted by Gasteiger charge is -2.72. The Morgan fingerprint density at radius 2 is 1.68 bits per heavy atom. The molecule has 13 nitrogen and oxygen atoms in total. The van der Waals surface area contributed by atoms with Gasteiger partial charge in [0.2, 0.25) is 0 Å². The lowest BCUT2D eigenvalue weighted by molar-refractivity contribution is -0.355. The highest BCUT2D eigenvalue weighted by Crippen LogP contribution is 2.81. The number of hydrogen-bond acceptors (Lipinski definition) is 13. The number of aliphatic hydroxyl groups is 4. The molecule has 13 heteroatoms. The number of carbonyl (C=O) groups excluding carboxylic acids is 2. The number of likely N-dealkylation sites (tertiary alicyclic amines) is 1. The number of esters is 2. The van der Waals surface area contributed by atoms with E-state index in [9.17, 15) is 30.0 Å². The molecule has 5 saturated carbocycles. The van der Waals surface area contributed by atoms with E-state index in [2.05, 4.69) is 4.90 Å². The highest BCUT2D eigenvalue weighted by atomic mass is 16.6. The highest BCUT2D eigenvalue weighted by Gasteiger charge is 2.96. The first-order chi connectivity index (χ1) is 22.3. The van der Waals surface area contributed by atoms with Crippen molar-refractivity contribution >= 4 is 11.9 Å². The molecule has 7 bridgehead atoms. The van der Waals surface area contributed by atoms with Crippen molar-refractivity contribution in [3.05, 3.63) is 35.9 Å². The van der Waals surface area contributed by atoms with Gasteiger partial charge in [0.25, 0.3) is 0 Å². The molecule has 3 unspecified atom stereocenters. The van der Waals surface area contributed by atoms with Crippen LogP contribution in [-0.2, 0) is 33.2 Å². The van der Waals surface area contributed by atoms with Gasteiger partial charge in [-0.25, -0.2) is 4.79 Å². The molecule has 1 spiro atoms. The summed E-state index contributed by atoms with van der Waals surface area (Å²) in [5, 5.41) is 51.1. The summed E-state index contributed by atoms with van der Waals surface area (Å²) in [4.78, 5) is 29.2. The van der Waals surface area contributed by atoms with Crippen LogP contribution in [0.2, 0.25) is 0 Å². The summed E-state index contributed by atoms with van der Waals surface area (Å²) < 4.78 is 36.9. The molecular formula is C34H47NO12. The van der Waals surface area contributed by atoms with E-state index in [1.165, 1.54) is 28.3 Å². The quantitative estimate of drug-likeness (QED) is 0.256. The van der Waals surface area contributed by atoms with Gasteiger partial charge in [-0.2, -0.15) is 0 Å². The predicted molar refractivity (Wildman–Crippen MR) is 162 cm³/mol. The van der Waals surface area contributed by atoms with Gasteiger partial charge in [-0.15, -0.1) is 0 Å². The number of methoxy groups -OCH3 is 4. The fourth-order valence-electron chi connectivity index (χ4n) is 12.3. The number of fused-ring (bicyclic) bond motifs is 2. The van der Waals surface area contributed by atoms with Gasteiger partial charge in [0.1, 0.15) is 23.9 Å². The smallest absolute Gasteiger partial charge is 0.338 e. The minimum atomic E-state index is -2.12. The Labute approximate surface area is 274 Å². The molecule has 6 aliphatic rings. The lowest BCUT2D eigenvalue weighted by atomic mass is 9.40. The molecule has 4 N–H and O–H groups in total. The Bertz CT molecular complexity index is 1410. The third-order valence-electron chi connectivity index (χ3n) is 13.2. The summed E-state index contributed by atoms with van der Waals surface area (Å²) in [5.41, 5.74) is -8.15. The molecule has 6 fully saturated rings. The molecule has 0 aromatic heterocycles. The monoisotopic (exact) mass is 661 g/mol. The van der Waals surface area contributed by atoms with Crippen LogP contribution in [0.15, 0.2) is 30.3 Å². The van der Waals surface area contributed by atoms with E-state index in [0.29, 0.717) is 13.1 Å². The van der Waals surface area contributed by atoms with Crippen molar-refractivity contribution in [2.24, 2.45) is 28.6 Å². The first-order valence-electron chi connectivity index (χ1n) is 16.4. The Balaban J connectivity index is 1.57. The summed E-state index contributed by atoms with van der Waals surface area (Å²) in [6.07, 6.45) is -7.38. The lowest BCUT2D eigenvalue weighted by Crippen LogP contribution is -2.85. The van der Waals surface area contributed by atoms with E-state index in [4.69, 9.17) is 28.4 Å². The first-order valence-corrected chi connectivity index (χ1v) is 16.4. The Morgan fingerprint density at radius 3 is 2.26 bits per heavy atom. The van der Waals surface area contributed by atoms with Crippen LogP contribution >= 0.6 is 0 Å². The molecule has 47 heavy (non-hydrogen) atoms. The molecule has 7 rings (SSSR count). The van der Waals surface area contributed by atoms with Crippen molar-refractivity contribution in [3.63, 3.8) is 0 Å². The second-order valence-corrected chi connectivity index (χ2v) is 14.6. The van der Waals surface area contributed by atoms with Crippen LogP contribution in [0.4, 0.5) is 0 Å². The van der Waals surface area contributed by atoms with Gasteiger partial charge >= 0.3 is 11.9 Å². The Hall–Kier alpha value is -2.20. The summed E-state index contributed by atoms with van der Waals surface area (Å²) in [5.74, 6) is -4.34. The van der Waals surface area contributed by atoms with Crippen molar-refractivity contribution in [2.45, 2.75) is 86.2 Å². The number of carbonyl (C=O) groups is 2. The number of benzene rings is 1. The number of ether oxygens (including phenoxy) is 6. The Kier molecular flexibility index (Phi) is 7.72. The minimum absolute atomic E-state index is 0.119. The molecule has 5 aliphatic carbocycles. The molecule has 260 valence electrons. The number of nitrogens with zero attached hydrogens (tertiary/aromatic N) is 1. The van der Waals surface area contributed by atoms with Gasteiger partial charge in [-0.05, 0) is 18.7 Å². The standard InChI is InChI=1S/C34H47NO12/c1-7-35-15-30(16-42-3)19(37)13-20(43-4)33-23(30)22(44-5)21(25(33)35)34(47-17(2)36)24-27(46-29(39)18-11-9-8-10-12-18)31(40,14-32(24,33)41)28(45-6)26(34)38/h8-12,19-28,37-38,40-41H,7,13-16H2,1-6H3/t19-,20+,21?,22+,23-,24+,25?,26+,27-,28+,30+,31-,32+,33?,34+/m1/s1. The van der Waals surface area contributed by atoms with Gasteiger partial charge in [-0.1, -0.05) is 25.1 Å². The van der Waals surface area contributed by atoms with E-state index in [1.807, 2.05) is 6.92 Å². The summed E-state index contributed by atoms with van der Waals surface area (Å²) in [7, 11) is 5.94. The van der Waals surface area contributed by atoms with Crippen LogP contribution in [0.1, 0.15) is 37.0 Å². The van der Waals surface area contributed by atoms with Crippen molar-refractivity contribution in [3.8, 4) is 0 Å². The van der Waals surface area contributed by atoms with Crippen molar-refractivity contribution in [1.29, 1.82) is 0 Å².